The number of likely N-dealkylation sites (tertiary alicyclic amines) is 1. The molecule has 1 unspecified atom stereocenters. The molecule has 1 heterocycles. The number of hydrogen-bond donors (Lipinski definition) is 1. The highest BCUT2D eigenvalue weighted by Gasteiger charge is 2.17. The van der Waals surface area contributed by atoms with Crippen molar-refractivity contribution in [2.75, 3.05) is 19.6 Å². The van der Waals surface area contributed by atoms with Crippen molar-refractivity contribution >= 4 is 5.97 Å². The maximum absolute atomic E-state index is 11.1. The Morgan fingerprint density at radius 1 is 1.18 bits per heavy atom. The van der Waals surface area contributed by atoms with Crippen LogP contribution in [-0.2, 0) is 4.79 Å². The van der Waals surface area contributed by atoms with Crippen molar-refractivity contribution in [3.8, 4) is 0 Å². The first kappa shape index (κ1) is 14.5. The van der Waals surface area contributed by atoms with Crippen molar-refractivity contribution < 1.29 is 9.90 Å². The molecule has 0 bridgehead atoms. The van der Waals surface area contributed by atoms with Gasteiger partial charge in [0.05, 0.1) is 5.92 Å². The van der Waals surface area contributed by atoms with Crippen LogP contribution in [0.15, 0.2) is 0 Å². The zero-order valence-corrected chi connectivity index (χ0v) is 11.2. The van der Waals surface area contributed by atoms with E-state index in [-0.39, 0.29) is 5.92 Å². The van der Waals surface area contributed by atoms with Crippen LogP contribution < -0.4 is 0 Å². The average molecular weight is 241 g/mol. The number of rotatable bonds is 8. The second kappa shape index (κ2) is 8.51. The predicted octanol–water partition coefficient (Wildman–Crippen LogP) is 3.14. The highest BCUT2D eigenvalue weighted by atomic mass is 16.4. The Bertz CT molecular complexity index is 212. The van der Waals surface area contributed by atoms with Gasteiger partial charge in [0, 0.05) is 0 Å². The summed E-state index contributed by atoms with van der Waals surface area (Å²) >= 11 is 0. The number of unbranched alkanes of at least 4 members (excludes halogenated alkanes) is 1. The smallest absolute Gasteiger partial charge is 0.306 e. The van der Waals surface area contributed by atoms with Crippen molar-refractivity contribution in [3.63, 3.8) is 0 Å². The molecule has 0 saturated carbocycles. The van der Waals surface area contributed by atoms with Gasteiger partial charge >= 0.3 is 5.97 Å². The van der Waals surface area contributed by atoms with Crippen LogP contribution in [0.3, 0.4) is 0 Å². The average Bonchev–Trinajstić information content (AvgIpc) is 2.34. The monoisotopic (exact) mass is 241 g/mol. The number of piperidine rings is 1. The Morgan fingerprint density at radius 2 is 1.82 bits per heavy atom. The highest BCUT2D eigenvalue weighted by molar-refractivity contribution is 5.69. The van der Waals surface area contributed by atoms with E-state index in [2.05, 4.69) is 11.8 Å². The summed E-state index contributed by atoms with van der Waals surface area (Å²) in [6.45, 7) is 5.64. The lowest BCUT2D eigenvalue weighted by atomic mass is 9.96. The zero-order valence-electron chi connectivity index (χ0n) is 11.2. The number of carboxylic acids is 1. The van der Waals surface area contributed by atoms with E-state index in [1.165, 1.54) is 32.4 Å². The van der Waals surface area contributed by atoms with Crippen LogP contribution in [0.25, 0.3) is 0 Å². The topological polar surface area (TPSA) is 40.5 Å². The first-order valence-corrected chi connectivity index (χ1v) is 7.19. The molecule has 0 spiro atoms. The molecule has 1 N–H and O–H groups in total. The molecule has 100 valence electrons. The molecule has 1 rings (SSSR count). The maximum Gasteiger partial charge on any atom is 0.306 e. The first-order chi connectivity index (χ1) is 8.24. The fourth-order valence-electron chi connectivity index (χ4n) is 2.59. The van der Waals surface area contributed by atoms with Gasteiger partial charge in [-0.1, -0.05) is 26.2 Å². The number of aliphatic carboxylic acids is 1. The molecular weight excluding hydrogens is 214 g/mol. The van der Waals surface area contributed by atoms with E-state index >= 15 is 0 Å². The van der Waals surface area contributed by atoms with Gasteiger partial charge in [-0.2, -0.15) is 0 Å². The van der Waals surface area contributed by atoms with Gasteiger partial charge in [-0.15, -0.1) is 0 Å². The minimum Gasteiger partial charge on any atom is -0.481 e. The summed E-state index contributed by atoms with van der Waals surface area (Å²) in [7, 11) is 0. The normalized spacial score (nSPS) is 19.1. The van der Waals surface area contributed by atoms with Crippen LogP contribution in [0.4, 0.5) is 0 Å². The van der Waals surface area contributed by atoms with E-state index in [0.29, 0.717) is 0 Å². The molecule has 0 radical (unpaired) electrons. The number of carboxylic acid groups (broad SMARTS) is 1. The van der Waals surface area contributed by atoms with E-state index in [1.54, 1.807) is 0 Å². The Hall–Kier alpha value is -0.570. The number of hydrogen-bond acceptors (Lipinski definition) is 2. The molecule has 0 aromatic heterocycles. The second-order valence-corrected chi connectivity index (χ2v) is 5.22. The van der Waals surface area contributed by atoms with Gasteiger partial charge in [-0.25, -0.2) is 0 Å². The van der Waals surface area contributed by atoms with Gasteiger partial charge in [0.1, 0.15) is 0 Å². The van der Waals surface area contributed by atoms with Crippen molar-refractivity contribution in [1.82, 2.24) is 4.90 Å². The third-order valence-electron chi connectivity index (χ3n) is 3.73. The third-order valence-corrected chi connectivity index (χ3v) is 3.73. The van der Waals surface area contributed by atoms with E-state index < -0.39 is 5.97 Å². The molecule has 0 amide bonds. The van der Waals surface area contributed by atoms with Gasteiger partial charge in [-0.3, -0.25) is 4.79 Å². The van der Waals surface area contributed by atoms with Crippen LogP contribution in [0, 0.1) is 5.92 Å². The SMILES string of the molecule is CCCCC(CCCN1CCCCC1)C(=O)O. The van der Waals surface area contributed by atoms with Gasteiger partial charge in [0.2, 0.25) is 0 Å². The van der Waals surface area contributed by atoms with E-state index in [4.69, 9.17) is 5.11 Å². The summed E-state index contributed by atoms with van der Waals surface area (Å²) in [6.07, 6.45) is 8.88. The van der Waals surface area contributed by atoms with Crippen LogP contribution in [0.5, 0.6) is 0 Å². The van der Waals surface area contributed by atoms with E-state index in [0.717, 1.165) is 38.6 Å². The van der Waals surface area contributed by atoms with Gasteiger partial charge < -0.3 is 10.0 Å². The molecule has 3 nitrogen and oxygen atoms in total. The summed E-state index contributed by atoms with van der Waals surface area (Å²) < 4.78 is 0. The summed E-state index contributed by atoms with van der Waals surface area (Å²) in [4.78, 5) is 13.6. The Labute approximate surface area is 105 Å². The lowest BCUT2D eigenvalue weighted by Crippen LogP contribution is -2.31. The van der Waals surface area contributed by atoms with Gasteiger partial charge in [0.25, 0.3) is 0 Å². The van der Waals surface area contributed by atoms with Crippen LogP contribution in [0.1, 0.15) is 58.3 Å². The minimum absolute atomic E-state index is 0.111. The van der Waals surface area contributed by atoms with Gasteiger partial charge in [-0.05, 0) is 51.7 Å². The highest BCUT2D eigenvalue weighted by Crippen LogP contribution is 2.17. The minimum atomic E-state index is -0.600. The van der Waals surface area contributed by atoms with E-state index in [1.807, 2.05) is 0 Å². The lowest BCUT2D eigenvalue weighted by Gasteiger charge is -2.26. The first-order valence-electron chi connectivity index (χ1n) is 7.19. The van der Waals surface area contributed by atoms with E-state index in [9.17, 15) is 4.79 Å². The maximum atomic E-state index is 11.1. The largest absolute Gasteiger partial charge is 0.481 e. The van der Waals surface area contributed by atoms with Crippen LogP contribution in [-0.4, -0.2) is 35.6 Å². The molecule has 1 atom stereocenters. The lowest BCUT2D eigenvalue weighted by molar-refractivity contribution is -0.142. The Morgan fingerprint density at radius 3 is 2.41 bits per heavy atom. The fraction of sp³-hybridized carbons (Fsp3) is 0.929. The van der Waals surface area contributed by atoms with Crippen LogP contribution in [0.2, 0.25) is 0 Å². The summed E-state index contributed by atoms with van der Waals surface area (Å²) in [5.41, 5.74) is 0. The molecule has 3 heteroatoms. The number of carbonyl (C=O) groups is 1. The van der Waals surface area contributed by atoms with Crippen LogP contribution >= 0.6 is 0 Å². The van der Waals surface area contributed by atoms with Crippen molar-refractivity contribution in [3.05, 3.63) is 0 Å². The van der Waals surface area contributed by atoms with Crippen molar-refractivity contribution in [2.45, 2.75) is 58.3 Å². The van der Waals surface area contributed by atoms with Gasteiger partial charge in [0.15, 0.2) is 0 Å². The third kappa shape index (κ3) is 6.06. The fourth-order valence-corrected chi connectivity index (χ4v) is 2.59. The Kier molecular flexibility index (Phi) is 7.25. The quantitative estimate of drug-likeness (QED) is 0.709. The van der Waals surface area contributed by atoms with Crippen molar-refractivity contribution in [1.29, 1.82) is 0 Å². The molecule has 1 fully saturated rings. The zero-order chi connectivity index (χ0) is 12.5. The molecule has 0 aromatic rings. The standard InChI is InChI=1S/C14H27NO2/c1-2-3-8-13(14(16)17)9-7-12-15-10-5-4-6-11-15/h13H,2-12H2,1H3,(H,16,17). The molecule has 0 aromatic carbocycles. The Balaban J connectivity index is 2.14. The molecule has 1 aliphatic rings. The second-order valence-electron chi connectivity index (χ2n) is 5.22. The molecule has 1 saturated heterocycles. The molecular formula is C14H27NO2. The van der Waals surface area contributed by atoms with Crippen molar-refractivity contribution in [2.24, 2.45) is 5.92 Å². The summed E-state index contributed by atoms with van der Waals surface area (Å²) in [6, 6.07) is 0. The molecule has 17 heavy (non-hydrogen) atoms. The summed E-state index contributed by atoms with van der Waals surface area (Å²) in [5, 5.41) is 9.12. The molecule has 0 aliphatic carbocycles. The summed E-state index contributed by atoms with van der Waals surface area (Å²) in [5.74, 6) is -0.711. The molecule has 1 aliphatic heterocycles. The predicted molar refractivity (Wildman–Crippen MR) is 70.2 cm³/mol. The number of nitrogens with zero attached hydrogens (tertiary/aromatic N) is 1.